The van der Waals surface area contributed by atoms with Gasteiger partial charge in [-0.3, -0.25) is 4.98 Å². The van der Waals surface area contributed by atoms with Gasteiger partial charge < -0.3 is 10.5 Å². The van der Waals surface area contributed by atoms with Gasteiger partial charge in [0.05, 0.1) is 12.1 Å². The van der Waals surface area contributed by atoms with Crippen molar-refractivity contribution in [3.8, 4) is 0 Å². The average Bonchev–Trinajstić information content (AvgIpc) is 2.57. The molecule has 1 saturated heterocycles. The second-order valence-corrected chi connectivity index (χ2v) is 4.63. The van der Waals surface area contributed by atoms with E-state index in [0.717, 1.165) is 25.9 Å². The summed E-state index contributed by atoms with van der Waals surface area (Å²) in [5.41, 5.74) is 7.91. The zero-order chi connectivity index (χ0) is 9.15. The van der Waals surface area contributed by atoms with Crippen LogP contribution in [0.4, 0.5) is 0 Å². The summed E-state index contributed by atoms with van der Waals surface area (Å²) in [6.45, 7) is 1.55. The number of aromatic nitrogens is 1. The summed E-state index contributed by atoms with van der Waals surface area (Å²) in [5.74, 6) is 0. The number of ether oxygens (including phenoxy) is 1. The lowest BCUT2D eigenvalue weighted by Gasteiger charge is -2.32. The van der Waals surface area contributed by atoms with Gasteiger partial charge in [0.2, 0.25) is 0 Å². The standard InChI is InChI=1S/C9H14N2OS/c10-9(2-1-3-12-6-9)4-8-5-11-7-13-8/h5,7H,1-4,6,10H2. The minimum absolute atomic E-state index is 0.148. The molecule has 0 bridgehead atoms. The SMILES string of the molecule is NC1(Cc2cncs2)CCCOC1. The highest BCUT2D eigenvalue weighted by molar-refractivity contribution is 7.09. The molecule has 1 aromatic heterocycles. The third-order valence-electron chi connectivity index (χ3n) is 2.36. The maximum absolute atomic E-state index is 6.20. The van der Waals surface area contributed by atoms with E-state index in [2.05, 4.69) is 4.98 Å². The molecule has 4 heteroatoms. The molecule has 1 atom stereocenters. The fourth-order valence-corrected chi connectivity index (χ4v) is 2.44. The van der Waals surface area contributed by atoms with E-state index in [4.69, 9.17) is 10.5 Å². The molecule has 13 heavy (non-hydrogen) atoms. The Morgan fingerprint density at radius 2 is 2.62 bits per heavy atom. The van der Waals surface area contributed by atoms with Gasteiger partial charge in [-0.25, -0.2) is 0 Å². The van der Waals surface area contributed by atoms with Crippen molar-refractivity contribution in [3.63, 3.8) is 0 Å². The van der Waals surface area contributed by atoms with Crippen molar-refractivity contribution >= 4 is 11.3 Å². The topological polar surface area (TPSA) is 48.1 Å². The molecule has 2 rings (SSSR count). The van der Waals surface area contributed by atoms with Crippen molar-refractivity contribution in [2.24, 2.45) is 5.73 Å². The second kappa shape index (κ2) is 3.74. The molecule has 0 spiro atoms. The van der Waals surface area contributed by atoms with Crippen molar-refractivity contribution in [3.05, 3.63) is 16.6 Å². The van der Waals surface area contributed by atoms with E-state index in [1.807, 2.05) is 11.7 Å². The van der Waals surface area contributed by atoms with Gasteiger partial charge in [0.1, 0.15) is 0 Å². The summed E-state index contributed by atoms with van der Waals surface area (Å²) in [4.78, 5) is 5.30. The summed E-state index contributed by atoms with van der Waals surface area (Å²) in [5, 5.41) is 0. The molecule has 1 aliphatic rings. The van der Waals surface area contributed by atoms with Gasteiger partial charge in [0.25, 0.3) is 0 Å². The highest BCUT2D eigenvalue weighted by atomic mass is 32.1. The quantitative estimate of drug-likeness (QED) is 0.776. The second-order valence-electron chi connectivity index (χ2n) is 3.66. The molecular formula is C9H14N2OS. The van der Waals surface area contributed by atoms with Crippen LogP contribution in [0, 0.1) is 0 Å². The summed E-state index contributed by atoms with van der Waals surface area (Å²) >= 11 is 1.67. The molecule has 3 nitrogen and oxygen atoms in total. The summed E-state index contributed by atoms with van der Waals surface area (Å²) in [6.07, 6.45) is 4.94. The van der Waals surface area contributed by atoms with Crippen molar-refractivity contribution in [1.29, 1.82) is 0 Å². The predicted molar refractivity (Wildman–Crippen MR) is 52.8 cm³/mol. The molecule has 2 N–H and O–H groups in total. The van der Waals surface area contributed by atoms with Gasteiger partial charge in [-0.05, 0) is 12.8 Å². The van der Waals surface area contributed by atoms with Crippen LogP contribution in [0.25, 0.3) is 0 Å². The Labute approximate surface area is 81.9 Å². The van der Waals surface area contributed by atoms with E-state index in [0.29, 0.717) is 6.61 Å². The van der Waals surface area contributed by atoms with Crippen LogP contribution in [0.2, 0.25) is 0 Å². The van der Waals surface area contributed by atoms with Crippen LogP contribution >= 0.6 is 11.3 Å². The molecule has 0 saturated carbocycles. The predicted octanol–water partition coefficient (Wildman–Crippen LogP) is 1.19. The van der Waals surface area contributed by atoms with Gasteiger partial charge in [-0.2, -0.15) is 0 Å². The Hall–Kier alpha value is -0.450. The van der Waals surface area contributed by atoms with Crippen LogP contribution in [-0.4, -0.2) is 23.7 Å². The maximum Gasteiger partial charge on any atom is 0.0794 e. The van der Waals surface area contributed by atoms with Gasteiger partial charge >= 0.3 is 0 Å². The van der Waals surface area contributed by atoms with Gasteiger partial charge in [0.15, 0.2) is 0 Å². The van der Waals surface area contributed by atoms with E-state index < -0.39 is 0 Å². The summed E-state index contributed by atoms with van der Waals surface area (Å²) in [6, 6.07) is 0. The smallest absolute Gasteiger partial charge is 0.0794 e. The van der Waals surface area contributed by atoms with Crippen LogP contribution in [0.3, 0.4) is 0 Å². The molecule has 1 aromatic rings. The summed E-state index contributed by atoms with van der Waals surface area (Å²) < 4.78 is 5.39. The Morgan fingerprint density at radius 3 is 3.23 bits per heavy atom. The van der Waals surface area contributed by atoms with Crippen molar-refractivity contribution in [1.82, 2.24) is 4.98 Å². The van der Waals surface area contributed by atoms with Gasteiger partial charge in [0, 0.05) is 29.6 Å². The molecule has 0 aliphatic carbocycles. The largest absolute Gasteiger partial charge is 0.380 e. The van der Waals surface area contributed by atoms with Gasteiger partial charge in [-0.1, -0.05) is 0 Å². The average molecular weight is 198 g/mol. The Kier molecular flexibility index (Phi) is 2.62. The highest BCUT2D eigenvalue weighted by Crippen LogP contribution is 2.22. The number of thiazole rings is 1. The Balaban J connectivity index is 1.99. The van der Waals surface area contributed by atoms with Crippen LogP contribution in [-0.2, 0) is 11.2 Å². The molecule has 2 heterocycles. The zero-order valence-corrected chi connectivity index (χ0v) is 8.35. The fraction of sp³-hybridized carbons (Fsp3) is 0.667. The minimum Gasteiger partial charge on any atom is -0.380 e. The lowest BCUT2D eigenvalue weighted by Crippen LogP contribution is -2.49. The summed E-state index contributed by atoms with van der Waals surface area (Å²) in [7, 11) is 0. The molecular weight excluding hydrogens is 184 g/mol. The third-order valence-corrected chi connectivity index (χ3v) is 3.14. The van der Waals surface area contributed by atoms with Crippen LogP contribution in [0.5, 0.6) is 0 Å². The van der Waals surface area contributed by atoms with Crippen molar-refractivity contribution in [2.45, 2.75) is 24.8 Å². The first-order chi connectivity index (χ1) is 6.29. The normalized spacial score (nSPS) is 29.0. The Morgan fingerprint density at radius 1 is 1.69 bits per heavy atom. The number of rotatable bonds is 2. The van der Waals surface area contributed by atoms with E-state index in [1.165, 1.54) is 4.88 Å². The molecule has 72 valence electrons. The molecule has 0 amide bonds. The zero-order valence-electron chi connectivity index (χ0n) is 7.53. The van der Waals surface area contributed by atoms with E-state index >= 15 is 0 Å². The van der Waals surface area contributed by atoms with Crippen molar-refractivity contribution < 1.29 is 4.74 Å². The van der Waals surface area contributed by atoms with Crippen molar-refractivity contribution in [2.75, 3.05) is 13.2 Å². The van der Waals surface area contributed by atoms with E-state index in [-0.39, 0.29) is 5.54 Å². The van der Waals surface area contributed by atoms with Crippen LogP contribution in [0.1, 0.15) is 17.7 Å². The Bertz CT molecular complexity index is 255. The molecule has 1 aliphatic heterocycles. The van der Waals surface area contributed by atoms with Crippen LogP contribution in [0.15, 0.2) is 11.7 Å². The van der Waals surface area contributed by atoms with E-state index in [1.54, 1.807) is 11.3 Å². The number of hydrogen-bond acceptors (Lipinski definition) is 4. The number of nitrogens with zero attached hydrogens (tertiary/aromatic N) is 1. The van der Waals surface area contributed by atoms with E-state index in [9.17, 15) is 0 Å². The first-order valence-corrected chi connectivity index (χ1v) is 5.40. The number of nitrogens with two attached hydrogens (primary N) is 1. The maximum atomic E-state index is 6.20. The van der Waals surface area contributed by atoms with Crippen LogP contribution < -0.4 is 5.73 Å². The first-order valence-electron chi connectivity index (χ1n) is 4.53. The number of hydrogen-bond donors (Lipinski definition) is 1. The lowest BCUT2D eigenvalue weighted by atomic mass is 9.90. The highest BCUT2D eigenvalue weighted by Gasteiger charge is 2.28. The first kappa shape index (κ1) is 9.12. The lowest BCUT2D eigenvalue weighted by molar-refractivity contribution is 0.0385. The molecule has 0 radical (unpaired) electrons. The van der Waals surface area contributed by atoms with Gasteiger partial charge in [-0.15, -0.1) is 11.3 Å². The monoisotopic (exact) mass is 198 g/mol. The molecule has 0 aromatic carbocycles. The molecule has 1 unspecified atom stereocenters. The third kappa shape index (κ3) is 2.27. The minimum atomic E-state index is -0.148. The fourth-order valence-electron chi connectivity index (χ4n) is 1.69. The molecule has 1 fully saturated rings.